The molecule has 7 N–H and O–H groups in total. The molecule has 0 bridgehead atoms. The van der Waals surface area contributed by atoms with Crippen molar-refractivity contribution >= 4 is 35.5 Å². The molecule has 0 unspecified atom stereocenters. The summed E-state index contributed by atoms with van der Waals surface area (Å²) in [5.41, 5.74) is 7.11. The van der Waals surface area contributed by atoms with Gasteiger partial charge in [-0.25, -0.2) is 9.59 Å². The molecule has 0 aliphatic heterocycles. The normalized spacial score (nSPS) is 11.2. The van der Waals surface area contributed by atoms with Crippen molar-refractivity contribution in [1.82, 2.24) is 5.32 Å². The molecule has 33 heavy (non-hydrogen) atoms. The fourth-order valence-electron chi connectivity index (χ4n) is 3.06. The van der Waals surface area contributed by atoms with Crippen molar-refractivity contribution in [1.29, 1.82) is 5.41 Å². The van der Waals surface area contributed by atoms with Crippen LogP contribution in [0.3, 0.4) is 0 Å². The van der Waals surface area contributed by atoms with Crippen molar-refractivity contribution in [3.05, 3.63) is 58.7 Å². The number of ether oxygens (including phenoxy) is 1. The van der Waals surface area contributed by atoms with Crippen LogP contribution >= 0.6 is 0 Å². The van der Waals surface area contributed by atoms with Crippen LogP contribution in [0, 0.1) is 12.3 Å². The molecule has 2 aromatic carbocycles. The molecule has 0 saturated carbocycles. The highest BCUT2D eigenvalue weighted by Gasteiger charge is 2.25. The van der Waals surface area contributed by atoms with E-state index in [0.717, 1.165) is 0 Å². The molecule has 0 heterocycles. The Bertz CT molecular complexity index is 1110. The van der Waals surface area contributed by atoms with E-state index in [1.807, 2.05) is 6.92 Å². The van der Waals surface area contributed by atoms with Gasteiger partial charge in [-0.2, -0.15) is 0 Å². The Labute approximate surface area is 189 Å². The summed E-state index contributed by atoms with van der Waals surface area (Å²) < 4.78 is 5.49. The molecule has 2 rings (SSSR count). The first-order valence-electron chi connectivity index (χ1n) is 9.84. The van der Waals surface area contributed by atoms with Crippen LogP contribution in [0.15, 0.2) is 36.4 Å². The molecule has 2 aromatic rings. The SMILES string of the molecule is CCc1cc(NC(=N)N)ccc1C(=O)Oc1cccc(C(=O)N[C@@H](CC(=O)O)C(=O)O)c1C. The molecular formula is C22H24N4O7. The summed E-state index contributed by atoms with van der Waals surface area (Å²) >= 11 is 0. The first kappa shape index (κ1) is 24.9. The van der Waals surface area contributed by atoms with Gasteiger partial charge in [0.2, 0.25) is 0 Å². The van der Waals surface area contributed by atoms with Gasteiger partial charge in [-0.15, -0.1) is 0 Å². The van der Waals surface area contributed by atoms with Crippen molar-refractivity contribution in [3.8, 4) is 5.75 Å². The zero-order valence-corrected chi connectivity index (χ0v) is 18.0. The number of amides is 1. The van der Waals surface area contributed by atoms with Gasteiger partial charge in [0.05, 0.1) is 12.0 Å². The number of aryl methyl sites for hydroxylation is 1. The standard InChI is InChI=1S/C22H24N4O7/c1-3-12-9-13(25-22(23)24)7-8-15(12)21(32)33-17-6-4-5-14(11(17)2)19(29)26-16(20(30)31)10-18(27)28/h4-9,16H,3,10H2,1-2H3,(H,26,29)(H,27,28)(H,30,31)(H4,23,24,25)/t16-/m0/s1. The van der Waals surface area contributed by atoms with Gasteiger partial charge in [0.25, 0.3) is 5.91 Å². The van der Waals surface area contributed by atoms with Crippen molar-refractivity contribution in [2.75, 3.05) is 5.32 Å². The van der Waals surface area contributed by atoms with Gasteiger partial charge in [-0.05, 0) is 49.2 Å². The Morgan fingerprint density at radius 1 is 1.12 bits per heavy atom. The van der Waals surface area contributed by atoms with E-state index in [0.29, 0.717) is 17.7 Å². The molecule has 0 radical (unpaired) electrons. The maximum atomic E-state index is 12.8. The van der Waals surface area contributed by atoms with E-state index >= 15 is 0 Å². The van der Waals surface area contributed by atoms with Crippen molar-refractivity contribution < 1.29 is 34.1 Å². The minimum Gasteiger partial charge on any atom is -0.481 e. The third-order valence-corrected chi connectivity index (χ3v) is 4.70. The number of carbonyl (C=O) groups is 4. The lowest BCUT2D eigenvalue weighted by atomic mass is 10.0. The number of nitrogens with two attached hydrogens (primary N) is 1. The number of carbonyl (C=O) groups excluding carboxylic acids is 2. The molecular weight excluding hydrogens is 432 g/mol. The molecule has 0 saturated heterocycles. The summed E-state index contributed by atoms with van der Waals surface area (Å²) in [6.07, 6.45) is -0.289. The van der Waals surface area contributed by atoms with Crippen molar-refractivity contribution in [3.63, 3.8) is 0 Å². The molecule has 0 spiro atoms. The van der Waals surface area contributed by atoms with Gasteiger partial charge in [0.1, 0.15) is 11.8 Å². The summed E-state index contributed by atoms with van der Waals surface area (Å²) in [5.74, 6) is -4.50. The fourth-order valence-corrected chi connectivity index (χ4v) is 3.06. The molecule has 0 aliphatic carbocycles. The van der Waals surface area contributed by atoms with Crippen LogP contribution in [-0.2, 0) is 16.0 Å². The van der Waals surface area contributed by atoms with Gasteiger partial charge in [-0.3, -0.25) is 15.0 Å². The van der Waals surface area contributed by atoms with E-state index < -0.39 is 36.3 Å². The number of carboxylic acids is 2. The average Bonchev–Trinajstić information content (AvgIpc) is 2.73. The minimum absolute atomic E-state index is 0.0358. The number of anilines is 1. The van der Waals surface area contributed by atoms with Gasteiger partial charge in [-0.1, -0.05) is 13.0 Å². The quantitative estimate of drug-likeness (QED) is 0.141. The van der Waals surface area contributed by atoms with Crippen LogP contribution in [0.25, 0.3) is 0 Å². The van der Waals surface area contributed by atoms with E-state index in [1.165, 1.54) is 31.2 Å². The van der Waals surface area contributed by atoms with Gasteiger partial charge < -0.3 is 31.3 Å². The van der Waals surface area contributed by atoms with Crippen molar-refractivity contribution in [2.45, 2.75) is 32.7 Å². The zero-order chi connectivity index (χ0) is 24.7. The first-order chi connectivity index (χ1) is 15.5. The summed E-state index contributed by atoms with van der Waals surface area (Å²) in [6.45, 7) is 3.36. The van der Waals surface area contributed by atoms with Crippen molar-refractivity contribution in [2.24, 2.45) is 5.73 Å². The molecule has 1 atom stereocenters. The summed E-state index contributed by atoms with van der Waals surface area (Å²) in [4.78, 5) is 47.4. The predicted octanol–water partition coefficient (Wildman–Crippen LogP) is 1.74. The Hall–Kier alpha value is -4.41. The maximum Gasteiger partial charge on any atom is 0.343 e. The first-order valence-corrected chi connectivity index (χ1v) is 9.84. The second kappa shape index (κ2) is 10.8. The molecule has 0 aliphatic rings. The summed E-state index contributed by atoms with van der Waals surface area (Å²) in [5, 5.41) is 30.1. The Morgan fingerprint density at radius 3 is 2.39 bits per heavy atom. The molecule has 11 nitrogen and oxygen atoms in total. The van der Waals surface area contributed by atoms with E-state index in [-0.39, 0.29) is 28.4 Å². The summed E-state index contributed by atoms with van der Waals surface area (Å²) in [6, 6.07) is 7.50. The average molecular weight is 456 g/mol. The highest BCUT2D eigenvalue weighted by molar-refractivity contribution is 6.00. The number of nitrogens with one attached hydrogen (secondary N) is 3. The van der Waals surface area contributed by atoms with Crippen LogP contribution in [-0.4, -0.2) is 46.0 Å². The minimum atomic E-state index is -1.62. The Morgan fingerprint density at radius 2 is 1.82 bits per heavy atom. The van der Waals surface area contributed by atoms with Crippen LogP contribution in [0.1, 0.15) is 45.2 Å². The number of guanidine groups is 1. The molecule has 174 valence electrons. The third-order valence-electron chi connectivity index (χ3n) is 4.70. The Balaban J connectivity index is 2.26. The number of carboxylic acid groups (broad SMARTS) is 2. The summed E-state index contributed by atoms with van der Waals surface area (Å²) in [7, 11) is 0. The number of esters is 1. The van der Waals surface area contributed by atoms with Crippen LogP contribution in [0.2, 0.25) is 0 Å². The molecule has 0 fully saturated rings. The number of rotatable bonds is 9. The van der Waals surface area contributed by atoms with E-state index in [9.17, 15) is 19.2 Å². The van der Waals surface area contributed by atoms with E-state index in [1.54, 1.807) is 12.1 Å². The smallest absolute Gasteiger partial charge is 0.343 e. The topological polar surface area (TPSA) is 192 Å². The fraction of sp³-hybridized carbons (Fsp3) is 0.227. The second-order valence-corrected chi connectivity index (χ2v) is 7.04. The second-order valence-electron chi connectivity index (χ2n) is 7.04. The van der Waals surface area contributed by atoms with Gasteiger partial charge in [0.15, 0.2) is 5.96 Å². The Kier molecular flexibility index (Phi) is 8.10. The lowest BCUT2D eigenvalue weighted by Crippen LogP contribution is -2.42. The highest BCUT2D eigenvalue weighted by atomic mass is 16.5. The monoisotopic (exact) mass is 456 g/mol. The lowest BCUT2D eigenvalue weighted by Gasteiger charge is -2.16. The van der Waals surface area contributed by atoms with E-state index in [2.05, 4.69) is 10.6 Å². The maximum absolute atomic E-state index is 12.8. The van der Waals surface area contributed by atoms with E-state index in [4.69, 9.17) is 26.1 Å². The number of benzene rings is 2. The van der Waals surface area contributed by atoms with Crippen LogP contribution < -0.4 is 21.1 Å². The van der Waals surface area contributed by atoms with Crippen LogP contribution in [0.4, 0.5) is 5.69 Å². The predicted molar refractivity (Wildman–Crippen MR) is 119 cm³/mol. The molecule has 1 amide bonds. The third kappa shape index (κ3) is 6.53. The number of aliphatic carboxylic acids is 2. The lowest BCUT2D eigenvalue weighted by molar-refractivity contribution is -0.145. The van der Waals surface area contributed by atoms with Gasteiger partial charge >= 0.3 is 17.9 Å². The largest absolute Gasteiger partial charge is 0.481 e. The molecule has 11 heteroatoms. The number of hydrogen-bond acceptors (Lipinski definition) is 6. The zero-order valence-electron chi connectivity index (χ0n) is 18.0. The van der Waals surface area contributed by atoms with Crippen LogP contribution in [0.5, 0.6) is 5.75 Å². The number of hydrogen-bond donors (Lipinski definition) is 6. The highest BCUT2D eigenvalue weighted by Crippen LogP contribution is 2.24. The van der Waals surface area contributed by atoms with Gasteiger partial charge in [0, 0.05) is 16.8 Å². The molecule has 0 aromatic heterocycles.